The molecule has 0 spiro atoms. The van der Waals surface area contributed by atoms with Crippen LogP contribution in [0.3, 0.4) is 0 Å². The molecule has 0 unspecified atom stereocenters. The van der Waals surface area contributed by atoms with Crippen molar-refractivity contribution in [3.8, 4) is 5.75 Å². The van der Waals surface area contributed by atoms with Crippen LogP contribution in [-0.4, -0.2) is 26.2 Å². The molecule has 112 valence electrons. The Morgan fingerprint density at radius 1 is 0.950 bits per heavy atom. The molecule has 1 saturated heterocycles. The van der Waals surface area contributed by atoms with Gasteiger partial charge >= 0.3 is 0 Å². The summed E-state index contributed by atoms with van der Waals surface area (Å²) in [6.07, 6.45) is 8.16. The Hall–Kier alpha value is -1.02. The Bertz CT molecular complexity index is 396. The highest BCUT2D eigenvalue weighted by molar-refractivity contribution is 5.33. The fourth-order valence-corrected chi connectivity index (χ4v) is 2.95. The molecule has 20 heavy (non-hydrogen) atoms. The Labute approximate surface area is 124 Å². The van der Waals surface area contributed by atoms with E-state index in [1.807, 2.05) is 4.90 Å². The van der Waals surface area contributed by atoms with E-state index in [0.29, 0.717) is 0 Å². The largest absolute Gasteiger partial charge is 0.494 e. The Morgan fingerprint density at radius 2 is 1.75 bits per heavy atom. The normalized spacial score (nSPS) is 16.3. The third kappa shape index (κ3) is 5.16. The average Bonchev–Trinajstić information content (AvgIpc) is 2.47. The van der Waals surface area contributed by atoms with Gasteiger partial charge in [0.05, 0.1) is 26.2 Å². The minimum absolute atomic E-state index is 0.859. The first-order valence-corrected chi connectivity index (χ1v) is 8.29. The number of quaternary nitrogens is 1. The topological polar surface area (TPSA) is 13.7 Å². The number of unbranched alkanes of at least 4 members (excludes halogenated alkanes) is 2. The zero-order valence-electron chi connectivity index (χ0n) is 13.2. The zero-order chi connectivity index (χ0) is 14.2. The van der Waals surface area contributed by atoms with Gasteiger partial charge in [-0.15, -0.1) is 0 Å². The molecule has 0 radical (unpaired) electrons. The van der Waals surface area contributed by atoms with Gasteiger partial charge in [-0.05, 0) is 75.6 Å². The summed E-state index contributed by atoms with van der Waals surface area (Å²) in [6, 6.07) is 6.37. The van der Waals surface area contributed by atoms with Crippen molar-refractivity contribution in [2.45, 2.75) is 52.4 Å². The number of rotatable bonds is 7. The molecule has 0 amide bonds. The summed E-state index contributed by atoms with van der Waals surface area (Å²) in [5.41, 5.74) is 2.65. The predicted octanol–water partition coefficient (Wildman–Crippen LogP) is 2.92. The van der Waals surface area contributed by atoms with E-state index in [2.05, 4.69) is 32.0 Å². The van der Waals surface area contributed by atoms with Gasteiger partial charge in [0.25, 0.3) is 0 Å². The van der Waals surface area contributed by atoms with Crippen molar-refractivity contribution < 1.29 is 9.64 Å². The van der Waals surface area contributed by atoms with Crippen molar-refractivity contribution in [2.24, 2.45) is 0 Å². The number of aryl methyl sites for hydroxylation is 2. The lowest BCUT2D eigenvalue weighted by atomic mass is 10.1. The number of hydrogen-bond donors (Lipinski definition) is 1. The van der Waals surface area contributed by atoms with Gasteiger partial charge in [-0.25, -0.2) is 0 Å². The molecule has 2 heteroatoms. The highest BCUT2D eigenvalue weighted by Crippen LogP contribution is 2.16. The number of likely N-dealkylation sites (tertiary alicyclic amines) is 1. The van der Waals surface area contributed by atoms with Gasteiger partial charge < -0.3 is 9.64 Å². The molecule has 2 nitrogen and oxygen atoms in total. The molecule has 0 aliphatic carbocycles. The lowest BCUT2D eigenvalue weighted by Crippen LogP contribution is -3.12. The van der Waals surface area contributed by atoms with E-state index in [1.54, 1.807) is 0 Å². The van der Waals surface area contributed by atoms with Crippen LogP contribution in [0, 0.1) is 13.8 Å². The van der Waals surface area contributed by atoms with Crippen LogP contribution in [-0.2, 0) is 0 Å². The summed E-state index contributed by atoms with van der Waals surface area (Å²) in [4.78, 5) is 1.83. The first-order chi connectivity index (χ1) is 9.75. The molecule has 2 rings (SSSR count). The van der Waals surface area contributed by atoms with Crippen molar-refractivity contribution in [2.75, 3.05) is 26.2 Å². The van der Waals surface area contributed by atoms with Crippen LogP contribution in [0.4, 0.5) is 0 Å². The molecule has 0 bridgehead atoms. The number of hydrogen-bond acceptors (Lipinski definition) is 1. The van der Waals surface area contributed by atoms with E-state index >= 15 is 0 Å². The summed E-state index contributed by atoms with van der Waals surface area (Å²) in [5, 5.41) is 0. The van der Waals surface area contributed by atoms with E-state index < -0.39 is 0 Å². The van der Waals surface area contributed by atoms with Crippen LogP contribution in [0.25, 0.3) is 0 Å². The summed E-state index contributed by atoms with van der Waals surface area (Å²) >= 11 is 0. The van der Waals surface area contributed by atoms with E-state index in [4.69, 9.17) is 4.74 Å². The molecule has 0 aromatic heterocycles. The van der Waals surface area contributed by atoms with Crippen LogP contribution < -0.4 is 9.64 Å². The molecule has 1 N–H and O–H groups in total. The quantitative estimate of drug-likeness (QED) is 0.756. The van der Waals surface area contributed by atoms with E-state index in [-0.39, 0.29) is 0 Å². The number of piperidine rings is 1. The number of ether oxygens (including phenoxy) is 1. The van der Waals surface area contributed by atoms with Gasteiger partial charge in [-0.2, -0.15) is 0 Å². The molecule has 1 aromatic carbocycles. The monoisotopic (exact) mass is 276 g/mol. The van der Waals surface area contributed by atoms with Gasteiger partial charge in [-0.1, -0.05) is 6.07 Å². The number of nitrogens with one attached hydrogen (secondary N) is 1. The molecule has 1 aliphatic rings. The standard InChI is InChI=1S/C18H29NO/c1-16-9-10-18(15-17(16)2)20-14-8-4-7-13-19-11-5-3-6-12-19/h9-10,15H,3-8,11-14H2,1-2H3/p+1. The average molecular weight is 276 g/mol. The van der Waals surface area contributed by atoms with Gasteiger partial charge in [0.15, 0.2) is 0 Å². The second kappa shape index (κ2) is 8.31. The van der Waals surface area contributed by atoms with Crippen LogP contribution >= 0.6 is 0 Å². The predicted molar refractivity (Wildman–Crippen MR) is 84.7 cm³/mol. The molecular weight excluding hydrogens is 246 g/mol. The lowest BCUT2D eigenvalue weighted by Gasteiger charge is -2.23. The minimum Gasteiger partial charge on any atom is -0.494 e. The molecule has 0 saturated carbocycles. The van der Waals surface area contributed by atoms with E-state index in [0.717, 1.165) is 12.4 Å². The fourth-order valence-electron chi connectivity index (χ4n) is 2.95. The second-order valence-electron chi connectivity index (χ2n) is 6.22. The summed E-state index contributed by atoms with van der Waals surface area (Å²) in [5.74, 6) is 1.02. The first kappa shape index (κ1) is 15.4. The van der Waals surface area contributed by atoms with Crippen molar-refractivity contribution >= 4 is 0 Å². The molecule has 1 aliphatic heterocycles. The number of benzene rings is 1. The molecular formula is C18H30NO+. The summed E-state index contributed by atoms with van der Waals surface area (Å²) in [6.45, 7) is 9.31. The smallest absolute Gasteiger partial charge is 0.119 e. The highest BCUT2D eigenvalue weighted by Gasteiger charge is 2.12. The molecule has 1 fully saturated rings. The Kier molecular flexibility index (Phi) is 6.38. The molecule has 1 aromatic rings. The van der Waals surface area contributed by atoms with Gasteiger partial charge in [-0.3, -0.25) is 0 Å². The van der Waals surface area contributed by atoms with Crippen LogP contribution in [0.2, 0.25) is 0 Å². The van der Waals surface area contributed by atoms with Crippen LogP contribution in [0.5, 0.6) is 5.75 Å². The maximum Gasteiger partial charge on any atom is 0.119 e. The maximum absolute atomic E-state index is 5.83. The van der Waals surface area contributed by atoms with Crippen molar-refractivity contribution in [1.29, 1.82) is 0 Å². The lowest BCUT2D eigenvalue weighted by molar-refractivity contribution is -0.905. The molecule has 0 atom stereocenters. The van der Waals surface area contributed by atoms with Crippen LogP contribution in [0.15, 0.2) is 18.2 Å². The zero-order valence-corrected chi connectivity index (χ0v) is 13.2. The summed E-state index contributed by atoms with van der Waals surface area (Å²) < 4.78 is 5.83. The first-order valence-electron chi connectivity index (χ1n) is 8.29. The fraction of sp³-hybridized carbons (Fsp3) is 0.667. The van der Waals surface area contributed by atoms with Gasteiger partial charge in [0.1, 0.15) is 5.75 Å². The van der Waals surface area contributed by atoms with Gasteiger partial charge in [0, 0.05) is 0 Å². The van der Waals surface area contributed by atoms with Gasteiger partial charge in [0.2, 0.25) is 0 Å². The van der Waals surface area contributed by atoms with Crippen LogP contribution in [0.1, 0.15) is 49.7 Å². The second-order valence-corrected chi connectivity index (χ2v) is 6.22. The maximum atomic E-state index is 5.83. The third-order valence-electron chi connectivity index (χ3n) is 4.48. The highest BCUT2D eigenvalue weighted by atomic mass is 16.5. The van der Waals surface area contributed by atoms with Crippen molar-refractivity contribution in [1.82, 2.24) is 0 Å². The van der Waals surface area contributed by atoms with E-state index in [1.165, 1.54) is 69.3 Å². The molecule has 1 heterocycles. The minimum atomic E-state index is 0.859. The van der Waals surface area contributed by atoms with Crippen molar-refractivity contribution in [3.05, 3.63) is 29.3 Å². The third-order valence-corrected chi connectivity index (χ3v) is 4.48. The Balaban J connectivity index is 1.53. The summed E-state index contributed by atoms with van der Waals surface area (Å²) in [7, 11) is 0. The van der Waals surface area contributed by atoms with E-state index in [9.17, 15) is 0 Å². The Morgan fingerprint density at radius 3 is 2.50 bits per heavy atom. The van der Waals surface area contributed by atoms with Crippen molar-refractivity contribution in [3.63, 3.8) is 0 Å². The SMILES string of the molecule is Cc1ccc(OCCCCC[NH+]2CCCCC2)cc1C.